The maximum atomic E-state index is 11.5. The SMILES string of the molecule is COCC(N)C(=O)NCC(O)c1c(Cl)cccc1Cl. The predicted molar refractivity (Wildman–Crippen MR) is 74.3 cm³/mol. The second-order valence-corrected chi connectivity index (χ2v) is 4.77. The van der Waals surface area contributed by atoms with E-state index in [-0.39, 0.29) is 13.2 Å². The van der Waals surface area contributed by atoms with E-state index < -0.39 is 18.1 Å². The average Bonchev–Trinajstić information content (AvgIpc) is 2.36. The smallest absolute Gasteiger partial charge is 0.239 e. The van der Waals surface area contributed by atoms with E-state index in [0.717, 1.165) is 0 Å². The van der Waals surface area contributed by atoms with E-state index in [0.29, 0.717) is 15.6 Å². The lowest BCUT2D eigenvalue weighted by molar-refractivity contribution is -0.123. The third kappa shape index (κ3) is 4.63. The van der Waals surface area contributed by atoms with Crippen molar-refractivity contribution in [2.75, 3.05) is 20.3 Å². The molecule has 0 saturated heterocycles. The second kappa shape index (κ2) is 7.67. The van der Waals surface area contributed by atoms with Gasteiger partial charge in [-0.15, -0.1) is 0 Å². The number of ether oxygens (including phenoxy) is 1. The number of methoxy groups -OCH3 is 1. The van der Waals surface area contributed by atoms with Crippen molar-refractivity contribution in [3.05, 3.63) is 33.8 Å². The summed E-state index contributed by atoms with van der Waals surface area (Å²) in [6, 6.07) is 4.13. The minimum atomic E-state index is -1.00. The number of hydrogen-bond donors (Lipinski definition) is 3. The maximum absolute atomic E-state index is 11.5. The van der Waals surface area contributed by atoms with Gasteiger partial charge in [0.05, 0.1) is 12.7 Å². The van der Waals surface area contributed by atoms with Gasteiger partial charge in [-0.2, -0.15) is 0 Å². The molecule has 1 aromatic rings. The zero-order valence-electron chi connectivity index (χ0n) is 10.4. The molecule has 0 heterocycles. The van der Waals surface area contributed by atoms with Gasteiger partial charge in [-0.25, -0.2) is 0 Å². The van der Waals surface area contributed by atoms with Crippen molar-refractivity contribution >= 4 is 29.1 Å². The quantitative estimate of drug-likeness (QED) is 0.735. The predicted octanol–water partition coefficient (Wildman–Crippen LogP) is 1.12. The molecule has 0 saturated carbocycles. The molecule has 1 amide bonds. The Labute approximate surface area is 121 Å². The Hall–Kier alpha value is -0.850. The van der Waals surface area contributed by atoms with Gasteiger partial charge in [-0.05, 0) is 12.1 Å². The van der Waals surface area contributed by atoms with Gasteiger partial charge in [-0.1, -0.05) is 29.3 Å². The lowest BCUT2D eigenvalue weighted by Crippen LogP contribution is -2.44. The zero-order valence-corrected chi connectivity index (χ0v) is 11.9. The fourth-order valence-electron chi connectivity index (χ4n) is 1.51. The van der Waals surface area contributed by atoms with Crippen molar-refractivity contribution in [2.45, 2.75) is 12.1 Å². The van der Waals surface area contributed by atoms with Crippen LogP contribution in [0.1, 0.15) is 11.7 Å². The summed E-state index contributed by atoms with van der Waals surface area (Å²) < 4.78 is 4.76. The Kier molecular flexibility index (Phi) is 6.54. The Balaban J connectivity index is 2.61. The molecule has 19 heavy (non-hydrogen) atoms. The molecule has 2 atom stereocenters. The van der Waals surface area contributed by atoms with Crippen LogP contribution in [-0.2, 0) is 9.53 Å². The van der Waals surface area contributed by atoms with Crippen molar-refractivity contribution in [3.8, 4) is 0 Å². The van der Waals surface area contributed by atoms with Gasteiger partial charge >= 0.3 is 0 Å². The standard InChI is InChI=1S/C12H16Cl2N2O3/c1-19-6-9(15)12(18)16-5-10(17)11-7(13)3-2-4-8(11)14/h2-4,9-10,17H,5-6,15H2,1H3,(H,16,18). The highest BCUT2D eigenvalue weighted by Gasteiger charge is 2.18. The highest BCUT2D eigenvalue weighted by Crippen LogP contribution is 2.29. The number of halogens is 2. The van der Waals surface area contributed by atoms with Crippen LogP contribution in [-0.4, -0.2) is 37.3 Å². The first-order chi connectivity index (χ1) is 8.97. The Morgan fingerprint density at radius 2 is 2.05 bits per heavy atom. The monoisotopic (exact) mass is 306 g/mol. The van der Waals surface area contributed by atoms with Crippen molar-refractivity contribution in [2.24, 2.45) is 5.73 Å². The number of aliphatic hydroxyl groups is 1. The summed E-state index contributed by atoms with van der Waals surface area (Å²) >= 11 is 11.9. The number of rotatable bonds is 6. The molecule has 5 nitrogen and oxygen atoms in total. The molecule has 0 aromatic heterocycles. The number of carbonyl (C=O) groups excluding carboxylic acids is 1. The fraction of sp³-hybridized carbons (Fsp3) is 0.417. The normalized spacial score (nSPS) is 13.9. The number of carbonyl (C=O) groups is 1. The number of hydrogen-bond acceptors (Lipinski definition) is 4. The van der Waals surface area contributed by atoms with Crippen LogP contribution in [0.3, 0.4) is 0 Å². The van der Waals surface area contributed by atoms with Crippen LogP contribution >= 0.6 is 23.2 Å². The summed E-state index contributed by atoms with van der Waals surface area (Å²) in [7, 11) is 1.45. The van der Waals surface area contributed by atoms with E-state index in [1.165, 1.54) is 7.11 Å². The minimum Gasteiger partial charge on any atom is -0.386 e. The minimum absolute atomic E-state index is 0.0281. The Morgan fingerprint density at radius 3 is 2.58 bits per heavy atom. The molecular weight excluding hydrogens is 291 g/mol. The number of nitrogens with one attached hydrogen (secondary N) is 1. The second-order valence-electron chi connectivity index (χ2n) is 3.96. The third-order valence-corrected chi connectivity index (χ3v) is 3.14. The van der Waals surface area contributed by atoms with Crippen LogP contribution in [0, 0.1) is 0 Å². The Bertz CT molecular complexity index is 423. The van der Waals surface area contributed by atoms with E-state index in [9.17, 15) is 9.90 Å². The van der Waals surface area contributed by atoms with E-state index in [2.05, 4.69) is 5.32 Å². The first-order valence-corrected chi connectivity index (χ1v) is 6.37. The molecule has 1 rings (SSSR count). The first-order valence-electron chi connectivity index (χ1n) is 5.61. The number of amides is 1. The highest BCUT2D eigenvalue weighted by atomic mass is 35.5. The number of nitrogens with two attached hydrogens (primary N) is 1. The van der Waals surface area contributed by atoms with E-state index in [1.807, 2.05) is 0 Å². The summed E-state index contributed by atoms with van der Waals surface area (Å²) in [6.07, 6.45) is -1.00. The lowest BCUT2D eigenvalue weighted by Gasteiger charge is -2.17. The average molecular weight is 307 g/mol. The van der Waals surface area contributed by atoms with Gasteiger partial charge in [0.25, 0.3) is 0 Å². The van der Waals surface area contributed by atoms with Crippen LogP contribution in [0.4, 0.5) is 0 Å². The van der Waals surface area contributed by atoms with Crippen molar-refractivity contribution in [3.63, 3.8) is 0 Å². The summed E-state index contributed by atoms with van der Waals surface area (Å²) in [6.45, 7) is 0.0779. The molecule has 1 aromatic carbocycles. The molecule has 0 radical (unpaired) electrons. The van der Waals surface area contributed by atoms with Gasteiger partial charge in [0, 0.05) is 29.3 Å². The first kappa shape index (κ1) is 16.2. The van der Waals surface area contributed by atoms with E-state index in [1.54, 1.807) is 18.2 Å². The molecule has 106 valence electrons. The summed E-state index contributed by atoms with van der Waals surface area (Å²) in [5, 5.41) is 13.2. The van der Waals surface area contributed by atoms with Crippen LogP contribution in [0.15, 0.2) is 18.2 Å². The molecule has 0 bridgehead atoms. The molecule has 0 aliphatic carbocycles. The lowest BCUT2D eigenvalue weighted by atomic mass is 10.1. The van der Waals surface area contributed by atoms with Gasteiger partial charge < -0.3 is 20.9 Å². The van der Waals surface area contributed by atoms with Gasteiger partial charge in [0.1, 0.15) is 6.04 Å². The van der Waals surface area contributed by atoms with Crippen LogP contribution in [0.5, 0.6) is 0 Å². The molecule has 0 aliphatic rings. The van der Waals surface area contributed by atoms with Crippen molar-refractivity contribution < 1.29 is 14.6 Å². The van der Waals surface area contributed by atoms with Gasteiger partial charge in [-0.3, -0.25) is 4.79 Å². The van der Waals surface area contributed by atoms with Gasteiger partial charge in [0.15, 0.2) is 0 Å². The highest BCUT2D eigenvalue weighted by molar-refractivity contribution is 6.36. The maximum Gasteiger partial charge on any atom is 0.239 e. The summed E-state index contributed by atoms with van der Waals surface area (Å²) in [5.74, 6) is -0.413. The molecule has 2 unspecified atom stereocenters. The number of aliphatic hydroxyl groups excluding tert-OH is 1. The molecule has 7 heteroatoms. The molecule has 0 aliphatic heterocycles. The molecule has 4 N–H and O–H groups in total. The van der Waals surface area contributed by atoms with Gasteiger partial charge in [0.2, 0.25) is 5.91 Å². The third-order valence-electron chi connectivity index (χ3n) is 2.49. The van der Waals surface area contributed by atoms with E-state index >= 15 is 0 Å². The largest absolute Gasteiger partial charge is 0.386 e. The summed E-state index contributed by atoms with van der Waals surface area (Å²) in [5.41, 5.74) is 5.92. The van der Waals surface area contributed by atoms with Crippen molar-refractivity contribution in [1.82, 2.24) is 5.32 Å². The molecule has 0 spiro atoms. The van der Waals surface area contributed by atoms with Crippen LogP contribution < -0.4 is 11.1 Å². The van der Waals surface area contributed by atoms with Crippen LogP contribution in [0.2, 0.25) is 10.0 Å². The molecule has 0 fully saturated rings. The van der Waals surface area contributed by atoms with Crippen molar-refractivity contribution in [1.29, 1.82) is 0 Å². The topological polar surface area (TPSA) is 84.6 Å². The molecular formula is C12H16Cl2N2O3. The fourth-order valence-corrected chi connectivity index (χ4v) is 2.16. The zero-order chi connectivity index (χ0) is 14.4. The summed E-state index contributed by atoms with van der Waals surface area (Å²) in [4.78, 5) is 11.5. The number of benzene rings is 1. The van der Waals surface area contributed by atoms with Crippen LogP contribution in [0.25, 0.3) is 0 Å². The van der Waals surface area contributed by atoms with E-state index in [4.69, 9.17) is 33.7 Å². The Morgan fingerprint density at radius 1 is 1.47 bits per heavy atom.